The fourth-order valence-electron chi connectivity index (χ4n) is 1.57. The molecule has 1 saturated carbocycles. The van der Waals surface area contributed by atoms with Crippen molar-refractivity contribution in [1.29, 1.82) is 0 Å². The Hall–Kier alpha value is -1.36. The second kappa shape index (κ2) is 4.65. The van der Waals surface area contributed by atoms with Crippen LogP contribution < -0.4 is 11.1 Å². The van der Waals surface area contributed by atoms with E-state index in [9.17, 15) is 0 Å². The van der Waals surface area contributed by atoms with Crippen molar-refractivity contribution in [3.8, 4) is 0 Å². The lowest BCUT2D eigenvalue weighted by Gasteiger charge is -2.15. The van der Waals surface area contributed by atoms with Crippen molar-refractivity contribution >= 4 is 11.6 Å². The molecule has 5 nitrogen and oxygen atoms in total. The first kappa shape index (κ1) is 11.1. The number of aliphatic hydroxyl groups is 1. The summed E-state index contributed by atoms with van der Waals surface area (Å²) in [6.45, 7) is 2.11. The quantitative estimate of drug-likeness (QED) is 0.695. The molecule has 88 valence electrons. The highest BCUT2D eigenvalue weighted by molar-refractivity contribution is 5.46. The van der Waals surface area contributed by atoms with Gasteiger partial charge in [-0.15, -0.1) is 0 Å². The summed E-state index contributed by atoms with van der Waals surface area (Å²) in [5, 5.41) is 12.3. The summed E-state index contributed by atoms with van der Waals surface area (Å²) in [5.74, 6) is 2.52. The van der Waals surface area contributed by atoms with E-state index in [0.717, 1.165) is 30.9 Å². The Morgan fingerprint density at radius 2 is 2.31 bits per heavy atom. The molecule has 1 fully saturated rings. The van der Waals surface area contributed by atoms with E-state index >= 15 is 0 Å². The Labute approximate surface area is 95.1 Å². The van der Waals surface area contributed by atoms with Crippen molar-refractivity contribution in [2.75, 3.05) is 17.7 Å². The molecule has 0 aromatic carbocycles. The van der Waals surface area contributed by atoms with Crippen molar-refractivity contribution in [1.82, 2.24) is 9.97 Å². The van der Waals surface area contributed by atoms with Crippen LogP contribution in [-0.4, -0.2) is 27.7 Å². The minimum absolute atomic E-state index is 0.0290. The van der Waals surface area contributed by atoms with Crippen molar-refractivity contribution in [2.45, 2.75) is 38.1 Å². The Morgan fingerprint density at radius 1 is 1.56 bits per heavy atom. The molecule has 0 spiro atoms. The summed E-state index contributed by atoms with van der Waals surface area (Å²) in [6, 6.07) is 1.74. The lowest BCUT2D eigenvalue weighted by molar-refractivity contribution is 0.271. The maximum absolute atomic E-state index is 9.11. The number of anilines is 2. The molecule has 0 bridgehead atoms. The predicted molar refractivity (Wildman–Crippen MR) is 63.2 cm³/mol. The molecule has 0 amide bonds. The maximum Gasteiger partial charge on any atom is 0.136 e. The van der Waals surface area contributed by atoms with Crippen LogP contribution in [0.25, 0.3) is 0 Å². The second-order valence-corrected chi connectivity index (χ2v) is 4.24. The van der Waals surface area contributed by atoms with Crippen LogP contribution in [0.2, 0.25) is 0 Å². The lowest BCUT2D eigenvalue weighted by atomic mass is 10.2. The number of aliphatic hydroxyl groups excluding tert-OH is 1. The molecule has 1 unspecified atom stereocenters. The third kappa shape index (κ3) is 2.61. The van der Waals surface area contributed by atoms with E-state index in [1.54, 1.807) is 6.07 Å². The smallest absolute Gasteiger partial charge is 0.136 e. The van der Waals surface area contributed by atoms with Gasteiger partial charge in [0.2, 0.25) is 0 Å². The minimum Gasteiger partial charge on any atom is -0.394 e. The number of rotatable bonds is 5. The molecule has 16 heavy (non-hydrogen) atoms. The second-order valence-electron chi connectivity index (χ2n) is 4.24. The molecule has 5 heteroatoms. The first-order valence-electron chi connectivity index (χ1n) is 5.74. The molecule has 1 atom stereocenters. The van der Waals surface area contributed by atoms with Gasteiger partial charge in [0.15, 0.2) is 0 Å². The van der Waals surface area contributed by atoms with E-state index in [1.807, 2.05) is 6.92 Å². The maximum atomic E-state index is 9.11. The summed E-state index contributed by atoms with van der Waals surface area (Å²) >= 11 is 0. The van der Waals surface area contributed by atoms with E-state index in [1.165, 1.54) is 0 Å². The fraction of sp³-hybridized carbons (Fsp3) is 0.636. The molecule has 1 aliphatic carbocycles. The molecule has 1 heterocycles. The highest BCUT2D eigenvalue weighted by atomic mass is 16.3. The standard InChI is InChI=1S/C11H18N4O/c1-2-8(6-16)13-10-5-9(12)14-11(15-10)7-3-4-7/h5,7-8,16H,2-4,6H2,1H3,(H3,12,13,14,15). The largest absolute Gasteiger partial charge is 0.394 e. The summed E-state index contributed by atoms with van der Waals surface area (Å²) in [7, 11) is 0. The predicted octanol–water partition coefficient (Wildman–Crippen LogP) is 1.12. The Balaban J connectivity index is 2.13. The molecule has 0 aliphatic heterocycles. The third-order valence-electron chi connectivity index (χ3n) is 2.77. The number of hydrogen-bond donors (Lipinski definition) is 3. The van der Waals surface area contributed by atoms with Gasteiger partial charge in [0.1, 0.15) is 17.5 Å². The number of nitrogens with two attached hydrogens (primary N) is 1. The van der Waals surface area contributed by atoms with Crippen molar-refractivity contribution < 1.29 is 5.11 Å². The monoisotopic (exact) mass is 222 g/mol. The van der Waals surface area contributed by atoms with Crippen LogP contribution in [0.1, 0.15) is 37.9 Å². The number of aromatic nitrogens is 2. The molecule has 0 saturated heterocycles. The zero-order valence-corrected chi connectivity index (χ0v) is 9.48. The van der Waals surface area contributed by atoms with Gasteiger partial charge in [0.05, 0.1) is 12.6 Å². The van der Waals surface area contributed by atoms with E-state index in [-0.39, 0.29) is 12.6 Å². The summed E-state index contributed by atoms with van der Waals surface area (Å²) < 4.78 is 0. The molecule has 1 aliphatic rings. The van der Waals surface area contributed by atoms with Crippen molar-refractivity contribution in [2.24, 2.45) is 0 Å². The molecule has 1 aromatic heterocycles. The van der Waals surface area contributed by atoms with Gasteiger partial charge in [-0.1, -0.05) is 6.92 Å². The van der Waals surface area contributed by atoms with Crippen LogP contribution in [0.5, 0.6) is 0 Å². The minimum atomic E-state index is 0.0290. The molecular formula is C11H18N4O. The Morgan fingerprint density at radius 3 is 2.88 bits per heavy atom. The van der Waals surface area contributed by atoms with Gasteiger partial charge in [-0.25, -0.2) is 9.97 Å². The molecule has 2 rings (SSSR count). The van der Waals surface area contributed by atoms with Gasteiger partial charge in [-0.3, -0.25) is 0 Å². The zero-order valence-electron chi connectivity index (χ0n) is 9.48. The third-order valence-corrected chi connectivity index (χ3v) is 2.77. The zero-order chi connectivity index (χ0) is 11.5. The average molecular weight is 222 g/mol. The van der Waals surface area contributed by atoms with Crippen LogP contribution in [0.15, 0.2) is 6.07 Å². The summed E-state index contributed by atoms with van der Waals surface area (Å²) in [5.41, 5.74) is 5.73. The van der Waals surface area contributed by atoms with Gasteiger partial charge < -0.3 is 16.2 Å². The normalized spacial score (nSPS) is 17.1. The lowest BCUT2D eigenvalue weighted by Crippen LogP contribution is -2.23. The van der Waals surface area contributed by atoms with Crippen LogP contribution in [0.4, 0.5) is 11.6 Å². The van der Waals surface area contributed by atoms with Gasteiger partial charge in [-0.05, 0) is 19.3 Å². The number of hydrogen-bond acceptors (Lipinski definition) is 5. The average Bonchev–Trinajstić information content (AvgIpc) is 3.08. The van der Waals surface area contributed by atoms with Crippen LogP contribution in [0.3, 0.4) is 0 Å². The molecule has 4 N–H and O–H groups in total. The fourth-order valence-corrected chi connectivity index (χ4v) is 1.57. The Kier molecular flexibility index (Phi) is 3.24. The van der Waals surface area contributed by atoms with Gasteiger partial charge in [-0.2, -0.15) is 0 Å². The highest BCUT2D eigenvalue weighted by Gasteiger charge is 2.27. The molecule has 1 aromatic rings. The van der Waals surface area contributed by atoms with Gasteiger partial charge >= 0.3 is 0 Å². The number of nitrogen functional groups attached to an aromatic ring is 1. The summed E-state index contributed by atoms with van der Waals surface area (Å²) in [6.07, 6.45) is 3.15. The van der Waals surface area contributed by atoms with E-state index < -0.39 is 0 Å². The SMILES string of the molecule is CCC(CO)Nc1cc(N)nc(C2CC2)n1. The number of nitrogens with one attached hydrogen (secondary N) is 1. The number of nitrogens with zero attached hydrogens (tertiary/aromatic N) is 2. The van der Waals surface area contributed by atoms with Crippen molar-refractivity contribution in [3.63, 3.8) is 0 Å². The molecule has 0 radical (unpaired) electrons. The Bertz CT molecular complexity index is 361. The first-order valence-corrected chi connectivity index (χ1v) is 5.74. The first-order chi connectivity index (χ1) is 7.72. The van der Waals surface area contributed by atoms with Crippen LogP contribution >= 0.6 is 0 Å². The van der Waals surface area contributed by atoms with Gasteiger partial charge in [0.25, 0.3) is 0 Å². The van der Waals surface area contributed by atoms with Gasteiger partial charge in [0, 0.05) is 12.0 Å². The van der Waals surface area contributed by atoms with E-state index in [4.69, 9.17) is 10.8 Å². The van der Waals surface area contributed by atoms with Crippen molar-refractivity contribution in [3.05, 3.63) is 11.9 Å². The van der Waals surface area contributed by atoms with Crippen LogP contribution in [0, 0.1) is 0 Å². The summed E-state index contributed by atoms with van der Waals surface area (Å²) in [4.78, 5) is 8.64. The topological polar surface area (TPSA) is 84.1 Å². The van der Waals surface area contributed by atoms with E-state index in [2.05, 4.69) is 15.3 Å². The van der Waals surface area contributed by atoms with E-state index in [0.29, 0.717) is 11.7 Å². The van der Waals surface area contributed by atoms with Crippen LogP contribution in [-0.2, 0) is 0 Å². The highest BCUT2D eigenvalue weighted by Crippen LogP contribution is 2.38. The molecular weight excluding hydrogens is 204 g/mol.